The lowest BCUT2D eigenvalue weighted by molar-refractivity contribution is -0.117. The molecule has 0 bridgehead atoms. The van der Waals surface area contributed by atoms with Gasteiger partial charge >= 0.3 is 0 Å². The van der Waals surface area contributed by atoms with Gasteiger partial charge in [0, 0.05) is 5.56 Å². The monoisotopic (exact) mass is 225 g/mol. The van der Waals surface area contributed by atoms with Crippen molar-refractivity contribution in [3.05, 3.63) is 29.3 Å². The third-order valence-corrected chi connectivity index (χ3v) is 1.70. The van der Waals surface area contributed by atoms with E-state index in [0.29, 0.717) is 0 Å². The summed E-state index contributed by atoms with van der Waals surface area (Å²) in [4.78, 5) is 10.4. The van der Waals surface area contributed by atoms with Crippen molar-refractivity contribution in [2.75, 3.05) is 7.11 Å². The quantitative estimate of drug-likeness (QED) is 0.769. The van der Waals surface area contributed by atoms with E-state index in [4.69, 9.17) is 5.73 Å². The normalized spacial score (nSPS) is 9.19. The second kappa shape index (κ2) is 5.12. The predicted molar refractivity (Wildman–Crippen MR) is 53.6 cm³/mol. The Kier molecular flexibility index (Phi) is 3.84. The molecule has 0 heterocycles. The van der Waals surface area contributed by atoms with Gasteiger partial charge in [-0.05, 0) is 12.1 Å². The molecule has 3 nitrogen and oxygen atoms in total. The molecule has 0 aromatic heterocycles. The summed E-state index contributed by atoms with van der Waals surface area (Å²) < 4.78 is 30.8. The molecule has 0 aliphatic heterocycles. The van der Waals surface area contributed by atoms with Gasteiger partial charge in [-0.15, -0.1) is 0 Å². The van der Waals surface area contributed by atoms with Crippen LogP contribution in [0, 0.1) is 23.5 Å². The van der Waals surface area contributed by atoms with Gasteiger partial charge in [0.15, 0.2) is 17.4 Å². The highest BCUT2D eigenvalue weighted by Gasteiger charge is 2.10. The van der Waals surface area contributed by atoms with Crippen molar-refractivity contribution in [1.29, 1.82) is 0 Å². The highest BCUT2D eigenvalue weighted by atomic mass is 19.1. The number of hydrogen-bond acceptors (Lipinski definition) is 2. The molecule has 0 fully saturated rings. The van der Waals surface area contributed by atoms with Gasteiger partial charge in [0.1, 0.15) is 0 Å². The van der Waals surface area contributed by atoms with Crippen LogP contribution >= 0.6 is 0 Å². The first-order chi connectivity index (χ1) is 7.54. The first kappa shape index (κ1) is 12.0. The molecule has 0 atom stereocenters. The predicted octanol–water partition coefficient (Wildman–Crippen LogP) is 1.20. The Morgan fingerprint density at radius 3 is 2.44 bits per heavy atom. The van der Waals surface area contributed by atoms with Crippen molar-refractivity contribution in [1.82, 2.24) is 0 Å². The van der Waals surface area contributed by atoms with Gasteiger partial charge in [0.05, 0.1) is 13.5 Å². The molecule has 0 saturated heterocycles. The number of nitrogens with two attached hydrogens (primary N) is 1. The van der Waals surface area contributed by atoms with E-state index in [-0.39, 0.29) is 12.0 Å². The van der Waals surface area contributed by atoms with Gasteiger partial charge in [-0.25, -0.2) is 8.78 Å². The van der Waals surface area contributed by atoms with E-state index < -0.39 is 23.3 Å². The molecule has 0 aliphatic carbocycles. The van der Waals surface area contributed by atoms with E-state index >= 15 is 0 Å². The Labute approximate surface area is 91.2 Å². The van der Waals surface area contributed by atoms with Crippen molar-refractivity contribution < 1.29 is 18.3 Å². The number of methoxy groups -OCH3 is 1. The second-order valence-electron chi connectivity index (χ2n) is 2.92. The van der Waals surface area contributed by atoms with E-state index in [1.54, 1.807) is 0 Å². The first-order valence-electron chi connectivity index (χ1n) is 4.34. The highest BCUT2D eigenvalue weighted by molar-refractivity contribution is 5.76. The number of halogens is 2. The summed E-state index contributed by atoms with van der Waals surface area (Å²) in [6, 6.07) is 2.05. The molecule has 0 saturated carbocycles. The molecule has 0 radical (unpaired) electrons. The maximum Gasteiger partial charge on any atom is 0.229 e. The third kappa shape index (κ3) is 2.95. The number of rotatable bonds is 2. The van der Waals surface area contributed by atoms with Crippen LogP contribution in [-0.4, -0.2) is 13.0 Å². The van der Waals surface area contributed by atoms with E-state index in [9.17, 15) is 13.6 Å². The molecule has 0 spiro atoms. The molecule has 1 aromatic carbocycles. The molecule has 5 heteroatoms. The molecular formula is C11H9F2NO2. The minimum Gasteiger partial charge on any atom is -0.491 e. The summed E-state index contributed by atoms with van der Waals surface area (Å²) in [6.45, 7) is 0. The zero-order chi connectivity index (χ0) is 12.1. The van der Waals surface area contributed by atoms with Crippen molar-refractivity contribution in [2.45, 2.75) is 6.42 Å². The van der Waals surface area contributed by atoms with Crippen LogP contribution in [-0.2, 0) is 4.79 Å². The summed E-state index contributed by atoms with van der Waals surface area (Å²) >= 11 is 0. The Bertz CT molecular complexity index is 452. The fourth-order valence-corrected chi connectivity index (χ4v) is 1.06. The summed E-state index contributed by atoms with van der Waals surface area (Å²) in [5.41, 5.74) is 4.97. The summed E-state index contributed by atoms with van der Waals surface area (Å²) in [6.07, 6.45) is -0.157. The third-order valence-electron chi connectivity index (χ3n) is 1.70. The second-order valence-corrected chi connectivity index (χ2v) is 2.92. The summed E-state index contributed by atoms with van der Waals surface area (Å²) in [5, 5.41) is 0. The average Bonchev–Trinajstić information content (AvgIpc) is 2.16. The van der Waals surface area contributed by atoms with E-state index in [1.807, 2.05) is 0 Å². The highest BCUT2D eigenvalue weighted by Crippen LogP contribution is 2.22. The van der Waals surface area contributed by atoms with Gasteiger partial charge in [-0.3, -0.25) is 4.79 Å². The number of ether oxygens (including phenoxy) is 1. The zero-order valence-electron chi connectivity index (χ0n) is 8.51. The van der Waals surface area contributed by atoms with Gasteiger partial charge in [-0.2, -0.15) is 0 Å². The molecular weight excluding hydrogens is 216 g/mol. The molecule has 1 rings (SSSR count). The number of carbonyl (C=O) groups is 1. The first-order valence-corrected chi connectivity index (χ1v) is 4.34. The standard InChI is InChI=1S/C11H9F2NO2/c1-16-11-8(12)5-7(6-9(11)13)3-2-4-10(14)15/h5-6H,4H2,1H3,(H2,14,15). The Hall–Kier alpha value is -2.09. The van der Waals surface area contributed by atoms with Crippen LogP contribution in [0.25, 0.3) is 0 Å². The smallest absolute Gasteiger partial charge is 0.229 e. The number of carbonyl (C=O) groups excluding carboxylic acids is 1. The minimum absolute atomic E-state index is 0.122. The Balaban J connectivity index is 2.98. The SMILES string of the molecule is COc1c(F)cc(C#CCC(N)=O)cc1F. The van der Waals surface area contributed by atoms with Gasteiger partial charge in [-0.1, -0.05) is 11.8 Å². The van der Waals surface area contributed by atoms with E-state index in [0.717, 1.165) is 12.1 Å². The van der Waals surface area contributed by atoms with Gasteiger partial charge in [0.25, 0.3) is 0 Å². The minimum atomic E-state index is -0.842. The molecule has 1 aromatic rings. The van der Waals surface area contributed by atoms with Gasteiger partial charge in [0.2, 0.25) is 5.91 Å². The van der Waals surface area contributed by atoms with Crippen LogP contribution in [0.15, 0.2) is 12.1 Å². The fraction of sp³-hybridized carbons (Fsp3) is 0.182. The molecule has 84 valence electrons. The van der Waals surface area contributed by atoms with Crippen LogP contribution in [0.5, 0.6) is 5.75 Å². The topological polar surface area (TPSA) is 52.3 Å². The van der Waals surface area contributed by atoms with Crippen molar-refractivity contribution >= 4 is 5.91 Å². The zero-order valence-corrected chi connectivity index (χ0v) is 8.51. The largest absolute Gasteiger partial charge is 0.491 e. The molecule has 1 amide bonds. The van der Waals surface area contributed by atoms with Crippen molar-refractivity contribution in [2.24, 2.45) is 5.73 Å². The average molecular weight is 225 g/mol. The number of benzene rings is 1. The lowest BCUT2D eigenvalue weighted by Crippen LogP contribution is -2.08. The summed E-state index contributed by atoms with van der Waals surface area (Å²) in [7, 11) is 1.17. The summed E-state index contributed by atoms with van der Waals surface area (Å²) in [5.74, 6) is 2.08. The Morgan fingerprint density at radius 1 is 1.44 bits per heavy atom. The van der Waals surface area contributed by atoms with Crippen LogP contribution in [0.2, 0.25) is 0 Å². The molecule has 0 aliphatic rings. The van der Waals surface area contributed by atoms with Crippen LogP contribution < -0.4 is 10.5 Å². The maximum absolute atomic E-state index is 13.2. The number of primary amides is 1. The van der Waals surface area contributed by atoms with Crippen molar-refractivity contribution in [3.63, 3.8) is 0 Å². The van der Waals surface area contributed by atoms with Crippen LogP contribution in [0.4, 0.5) is 8.78 Å². The van der Waals surface area contributed by atoms with Crippen LogP contribution in [0.3, 0.4) is 0 Å². The van der Waals surface area contributed by atoms with Gasteiger partial charge < -0.3 is 10.5 Å². The Morgan fingerprint density at radius 2 is 2.00 bits per heavy atom. The fourth-order valence-electron chi connectivity index (χ4n) is 1.06. The molecule has 0 unspecified atom stereocenters. The number of hydrogen-bond donors (Lipinski definition) is 1. The van der Waals surface area contributed by atoms with Crippen LogP contribution in [0.1, 0.15) is 12.0 Å². The van der Waals surface area contributed by atoms with E-state index in [2.05, 4.69) is 16.6 Å². The lowest BCUT2D eigenvalue weighted by atomic mass is 10.2. The van der Waals surface area contributed by atoms with E-state index in [1.165, 1.54) is 7.11 Å². The molecule has 2 N–H and O–H groups in total. The maximum atomic E-state index is 13.2. The number of amides is 1. The van der Waals surface area contributed by atoms with Crippen molar-refractivity contribution in [3.8, 4) is 17.6 Å². The molecule has 16 heavy (non-hydrogen) atoms. The lowest BCUT2D eigenvalue weighted by Gasteiger charge is -2.03.